The van der Waals surface area contributed by atoms with Crippen molar-refractivity contribution in [2.24, 2.45) is 0 Å². The Labute approximate surface area is 117 Å². The van der Waals surface area contributed by atoms with Gasteiger partial charge < -0.3 is 0 Å². The molecule has 0 aromatic heterocycles. The molecule has 0 fully saturated rings. The van der Waals surface area contributed by atoms with E-state index in [1.807, 2.05) is 13.0 Å². The van der Waals surface area contributed by atoms with Crippen LogP contribution in [0.4, 0.5) is 0 Å². The first-order chi connectivity index (χ1) is 8.97. The van der Waals surface area contributed by atoms with Crippen molar-refractivity contribution in [1.82, 2.24) is 0 Å². The van der Waals surface area contributed by atoms with Gasteiger partial charge in [0.15, 0.2) is 0 Å². The quantitative estimate of drug-likeness (QED) is 0.534. The van der Waals surface area contributed by atoms with E-state index in [2.05, 4.69) is 6.92 Å². The van der Waals surface area contributed by atoms with Gasteiger partial charge in [0.1, 0.15) is 0 Å². The van der Waals surface area contributed by atoms with Gasteiger partial charge in [-0.15, -0.1) is 0 Å². The molecule has 0 unspecified atom stereocenters. The van der Waals surface area contributed by atoms with Gasteiger partial charge in [-0.2, -0.15) is 8.42 Å². The number of hydrogen-bond donors (Lipinski definition) is 0. The lowest BCUT2D eigenvalue weighted by Crippen LogP contribution is -2.16. The van der Waals surface area contributed by atoms with Gasteiger partial charge in [-0.1, -0.05) is 50.8 Å². The molecule has 0 aliphatic heterocycles. The van der Waals surface area contributed by atoms with Crippen LogP contribution in [0.3, 0.4) is 0 Å². The third-order valence-electron chi connectivity index (χ3n) is 3.12. The molecule has 108 valence electrons. The van der Waals surface area contributed by atoms with E-state index in [0.717, 1.165) is 24.8 Å². The summed E-state index contributed by atoms with van der Waals surface area (Å²) in [5, 5.41) is 0. The standard InChI is InChI=1S/C15H24O3S/c1-4-5-6-7-11-14(3)18-19(16,17)15-12-9-8-10-13(15)2/h8-10,12,14H,4-7,11H2,1-3H3/t14-/m0/s1. The molecule has 0 saturated heterocycles. The molecule has 0 N–H and O–H groups in total. The number of rotatable bonds is 8. The molecule has 1 aromatic carbocycles. The van der Waals surface area contributed by atoms with E-state index in [1.165, 1.54) is 12.8 Å². The normalized spacial score (nSPS) is 13.4. The highest BCUT2D eigenvalue weighted by molar-refractivity contribution is 7.86. The molecule has 1 rings (SSSR count). The van der Waals surface area contributed by atoms with Crippen molar-refractivity contribution < 1.29 is 12.6 Å². The van der Waals surface area contributed by atoms with Crippen molar-refractivity contribution in [3.8, 4) is 0 Å². The van der Waals surface area contributed by atoms with Crippen LogP contribution in [-0.4, -0.2) is 14.5 Å². The van der Waals surface area contributed by atoms with Crippen LogP contribution in [0.1, 0.15) is 51.5 Å². The Morgan fingerprint density at radius 2 is 1.84 bits per heavy atom. The van der Waals surface area contributed by atoms with E-state index in [-0.39, 0.29) is 11.0 Å². The molecule has 0 amide bonds. The van der Waals surface area contributed by atoms with Crippen LogP contribution >= 0.6 is 0 Å². The van der Waals surface area contributed by atoms with Crippen LogP contribution < -0.4 is 0 Å². The molecule has 3 nitrogen and oxygen atoms in total. The Bertz CT molecular complexity index is 480. The summed E-state index contributed by atoms with van der Waals surface area (Å²) in [5.74, 6) is 0. The number of hydrogen-bond acceptors (Lipinski definition) is 3. The number of aryl methyl sites for hydroxylation is 1. The molecule has 19 heavy (non-hydrogen) atoms. The zero-order chi connectivity index (χ0) is 14.3. The summed E-state index contributed by atoms with van der Waals surface area (Å²) in [6, 6.07) is 6.91. The summed E-state index contributed by atoms with van der Waals surface area (Å²) >= 11 is 0. The summed E-state index contributed by atoms with van der Waals surface area (Å²) < 4.78 is 29.5. The Hall–Kier alpha value is -0.870. The second-order valence-corrected chi connectivity index (χ2v) is 6.52. The van der Waals surface area contributed by atoms with Gasteiger partial charge >= 0.3 is 0 Å². The van der Waals surface area contributed by atoms with Crippen molar-refractivity contribution in [1.29, 1.82) is 0 Å². The maximum atomic E-state index is 12.1. The molecule has 0 saturated carbocycles. The fourth-order valence-electron chi connectivity index (χ4n) is 2.01. The van der Waals surface area contributed by atoms with Gasteiger partial charge in [0.05, 0.1) is 11.0 Å². The second-order valence-electron chi connectivity index (χ2n) is 4.98. The third kappa shape index (κ3) is 5.33. The first-order valence-electron chi connectivity index (χ1n) is 6.96. The Balaban J connectivity index is 2.58. The summed E-state index contributed by atoms with van der Waals surface area (Å²) in [7, 11) is -3.63. The van der Waals surface area contributed by atoms with Crippen LogP contribution in [0.25, 0.3) is 0 Å². The summed E-state index contributed by atoms with van der Waals surface area (Å²) in [5.41, 5.74) is 0.723. The Morgan fingerprint density at radius 1 is 1.16 bits per heavy atom. The number of unbranched alkanes of at least 4 members (excludes halogenated alkanes) is 3. The third-order valence-corrected chi connectivity index (χ3v) is 4.70. The van der Waals surface area contributed by atoms with Crippen molar-refractivity contribution in [3.05, 3.63) is 29.8 Å². The summed E-state index contributed by atoms with van der Waals surface area (Å²) in [4.78, 5) is 0.274. The minimum Gasteiger partial charge on any atom is -0.263 e. The zero-order valence-corrected chi connectivity index (χ0v) is 12.9. The highest BCUT2D eigenvalue weighted by Crippen LogP contribution is 2.20. The first kappa shape index (κ1) is 16.2. The predicted molar refractivity (Wildman–Crippen MR) is 77.7 cm³/mol. The molecule has 1 aromatic rings. The van der Waals surface area contributed by atoms with Crippen LogP contribution in [0.15, 0.2) is 29.2 Å². The van der Waals surface area contributed by atoms with Crippen LogP contribution in [0.5, 0.6) is 0 Å². The van der Waals surface area contributed by atoms with E-state index in [9.17, 15) is 8.42 Å². The van der Waals surface area contributed by atoms with Crippen molar-refractivity contribution >= 4 is 10.1 Å². The van der Waals surface area contributed by atoms with Crippen molar-refractivity contribution in [2.45, 2.75) is 63.9 Å². The van der Waals surface area contributed by atoms with Crippen molar-refractivity contribution in [3.63, 3.8) is 0 Å². The fourth-order valence-corrected chi connectivity index (χ4v) is 3.35. The second kappa shape index (κ2) is 7.65. The lowest BCUT2D eigenvalue weighted by atomic mass is 10.1. The largest absolute Gasteiger partial charge is 0.297 e. The van der Waals surface area contributed by atoms with Gasteiger partial charge in [0, 0.05) is 0 Å². The lowest BCUT2D eigenvalue weighted by Gasteiger charge is -2.14. The molecule has 1 atom stereocenters. The van der Waals surface area contributed by atoms with Gasteiger partial charge in [0.25, 0.3) is 10.1 Å². The molecule has 0 aliphatic carbocycles. The average molecular weight is 284 g/mol. The zero-order valence-electron chi connectivity index (χ0n) is 12.1. The molecule has 4 heteroatoms. The van der Waals surface area contributed by atoms with E-state index < -0.39 is 10.1 Å². The summed E-state index contributed by atoms with van der Waals surface area (Å²) in [6.07, 6.45) is 5.04. The molecular weight excluding hydrogens is 260 g/mol. The molecule has 0 radical (unpaired) electrons. The van der Waals surface area contributed by atoms with Gasteiger partial charge in [0.2, 0.25) is 0 Å². The highest BCUT2D eigenvalue weighted by atomic mass is 32.2. The SMILES string of the molecule is CCCCCC[C@H](C)OS(=O)(=O)c1ccccc1C. The van der Waals surface area contributed by atoms with E-state index in [4.69, 9.17) is 4.18 Å². The smallest absolute Gasteiger partial charge is 0.263 e. The summed E-state index contributed by atoms with van der Waals surface area (Å²) in [6.45, 7) is 5.76. The maximum absolute atomic E-state index is 12.1. The highest BCUT2D eigenvalue weighted by Gasteiger charge is 2.20. The minimum absolute atomic E-state index is 0.263. The van der Waals surface area contributed by atoms with Crippen LogP contribution in [-0.2, 0) is 14.3 Å². The monoisotopic (exact) mass is 284 g/mol. The first-order valence-corrected chi connectivity index (χ1v) is 8.37. The minimum atomic E-state index is -3.63. The van der Waals surface area contributed by atoms with E-state index >= 15 is 0 Å². The molecular formula is C15H24O3S. The Kier molecular flexibility index (Phi) is 6.52. The topological polar surface area (TPSA) is 43.4 Å². The van der Waals surface area contributed by atoms with E-state index in [1.54, 1.807) is 25.1 Å². The molecule has 0 heterocycles. The predicted octanol–water partition coefficient (Wildman–Crippen LogP) is 4.06. The Morgan fingerprint density at radius 3 is 2.47 bits per heavy atom. The molecule has 0 spiro atoms. The average Bonchev–Trinajstić information content (AvgIpc) is 2.34. The molecule has 0 aliphatic rings. The van der Waals surface area contributed by atoms with Crippen molar-refractivity contribution in [2.75, 3.05) is 0 Å². The lowest BCUT2D eigenvalue weighted by molar-refractivity contribution is 0.213. The molecule has 0 bridgehead atoms. The number of benzene rings is 1. The van der Waals surface area contributed by atoms with Crippen LogP contribution in [0.2, 0.25) is 0 Å². The van der Waals surface area contributed by atoms with Gasteiger partial charge in [-0.25, -0.2) is 0 Å². The van der Waals surface area contributed by atoms with Gasteiger partial charge in [-0.3, -0.25) is 4.18 Å². The fraction of sp³-hybridized carbons (Fsp3) is 0.600. The van der Waals surface area contributed by atoms with Gasteiger partial charge in [-0.05, 0) is 31.9 Å². The van der Waals surface area contributed by atoms with E-state index in [0.29, 0.717) is 0 Å². The van der Waals surface area contributed by atoms with Crippen LogP contribution in [0, 0.1) is 6.92 Å². The maximum Gasteiger partial charge on any atom is 0.297 e.